The summed E-state index contributed by atoms with van der Waals surface area (Å²) in [5, 5.41) is 18.8. The molecule has 3 heterocycles. The molecular formula is C29H34N4O6. The van der Waals surface area contributed by atoms with E-state index >= 15 is 0 Å². The van der Waals surface area contributed by atoms with Gasteiger partial charge in [0.1, 0.15) is 41.1 Å². The van der Waals surface area contributed by atoms with Crippen LogP contribution in [0.3, 0.4) is 0 Å². The molecule has 206 valence electrons. The number of ketones is 1. The molecule has 2 aliphatic rings. The van der Waals surface area contributed by atoms with Crippen molar-refractivity contribution in [2.45, 2.75) is 63.9 Å². The Morgan fingerprint density at radius 1 is 1.15 bits per heavy atom. The van der Waals surface area contributed by atoms with E-state index in [0.717, 1.165) is 11.3 Å². The highest BCUT2D eigenvalue weighted by molar-refractivity contribution is 6.00. The number of amides is 1. The van der Waals surface area contributed by atoms with E-state index in [1.165, 1.54) is 0 Å². The van der Waals surface area contributed by atoms with Gasteiger partial charge in [-0.15, -0.1) is 5.10 Å². The largest absolute Gasteiger partial charge is 0.491 e. The van der Waals surface area contributed by atoms with E-state index in [9.17, 15) is 14.7 Å². The van der Waals surface area contributed by atoms with Crippen molar-refractivity contribution in [1.82, 2.24) is 19.9 Å². The zero-order chi connectivity index (χ0) is 27.6. The van der Waals surface area contributed by atoms with E-state index < -0.39 is 17.3 Å². The van der Waals surface area contributed by atoms with Crippen molar-refractivity contribution in [3.8, 4) is 22.8 Å². The molecule has 0 unspecified atom stereocenters. The van der Waals surface area contributed by atoms with Gasteiger partial charge in [0.05, 0.1) is 24.7 Å². The summed E-state index contributed by atoms with van der Waals surface area (Å²) in [5.74, 6) is 0.967. The summed E-state index contributed by atoms with van der Waals surface area (Å²) in [4.78, 5) is 27.1. The van der Waals surface area contributed by atoms with Crippen molar-refractivity contribution in [2.24, 2.45) is 0 Å². The SMILES string of the molecule is CC(C)(C)OC(=O)N1CCC2(CC1)CC(=O)c1ccc(OC[C@H](O)Cn3cc(-c4ccccc4)nn3)cc1O2. The van der Waals surface area contributed by atoms with Gasteiger partial charge < -0.3 is 24.2 Å². The van der Waals surface area contributed by atoms with Crippen LogP contribution in [0.15, 0.2) is 54.7 Å². The molecule has 1 aromatic heterocycles. The van der Waals surface area contributed by atoms with Crippen LogP contribution in [-0.2, 0) is 11.3 Å². The maximum Gasteiger partial charge on any atom is 0.410 e. The van der Waals surface area contributed by atoms with Crippen molar-refractivity contribution in [2.75, 3.05) is 19.7 Å². The van der Waals surface area contributed by atoms with Crippen LogP contribution in [0.1, 0.15) is 50.4 Å². The molecule has 2 aromatic carbocycles. The molecule has 1 N–H and O–H groups in total. The second-order valence-electron chi connectivity index (χ2n) is 11.2. The number of nitrogens with zero attached hydrogens (tertiary/aromatic N) is 4. The van der Waals surface area contributed by atoms with Crippen LogP contribution < -0.4 is 9.47 Å². The third-order valence-electron chi connectivity index (χ3n) is 6.84. The van der Waals surface area contributed by atoms with Crippen LogP contribution in [0.4, 0.5) is 4.79 Å². The average Bonchev–Trinajstić information content (AvgIpc) is 3.35. The molecule has 0 aliphatic carbocycles. The topological polar surface area (TPSA) is 116 Å². The molecule has 2 aliphatic heterocycles. The van der Waals surface area contributed by atoms with Gasteiger partial charge in [0.15, 0.2) is 5.78 Å². The van der Waals surface area contributed by atoms with Crippen LogP contribution in [-0.4, -0.2) is 73.9 Å². The van der Waals surface area contributed by atoms with E-state index in [1.807, 2.05) is 51.1 Å². The minimum Gasteiger partial charge on any atom is -0.491 e. The summed E-state index contributed by atoms with van der Waals surface area (Å²) in [7, 11) is 0. The fourth-order valence-electron chi connectivity index (χ4n) is 4.86. The van der Waals surface area contributed by atoms with Crippen LogP contribution in [0, 0.1) is 0 Å². The van der Waals surface area contributed by atoms with Crippen molar-refractivity contribution in [3.63, 3.8) is 0 Å². The van der Waals surface area contributed by atoms with Gasteiger partial charge in [-0.1, -0.05) is 35.5 Å². The predicted molar refractivity (Wildman–Crippen MR) is 143 cm³/mol. The van der Waals surface area contributed by atoms with Crippen LogP contribution >= 0.6 is 0 Å². The Morgan fingerprint density at radius 2 is 1.90 bits per heavy atom. The minimum absolute atomic E-state index is 0.00829. The Balaban J connectivity index is 1.17. The maximum absolute atomic E-state index is 13.0. The number of rotatable bonds is 6. The fraction of sp³-hybridized carbons (Fsp3) is 0.448. The average molecular weight is 535 g/mol. The molecule has 1 amide bonds. The number of piperidine rings is 1. The first kappa shape index (κ1) is 26.7. The second-order valence-corrected chi connectivity index (χ2v) is 11.2. The number of carbonyl (C=O) groups excluding carboxylic acids is 2. The third kappa shape index (κ3) is 6.39. The molecule has 10 heteroatoms. The van der Waals surface area contributed by atoms with Gasteiger partial charge in [0.2, 0.25) is 0 Å². The number of carbonyl (C=O) groups is 2. The van der Waals surface area contributed by atoms with E-state index in [2.05, 4.69) is 10.3 Å². The number of Topliss-reactive ketones (excluding diaryl/α,β-unsaturated/α-hetero) is 1. The summed E-state index contributed by atoms with van der Waals surface area (Å²) in [6.07, 6.45) is 1.94. The van der Waals surface area contributed by atoms with Gasteiger partial charge in [-0.2, -0.15) is 0 Å². The Kier molecular flexibility index (Phi) is 7.31. The maximum atomic E-state index is 13.0. The number of fused-ring (bicyclic) bond motifs is 1. The van der Waals surface area contributed by atoms with Crippen molar-refractivity contribution in [3.05, 3.63) is 60.3 Å². The van der Waals surface area contributed by atoms with E-state index in [1.54, 1.807) is 34.0 Å². The quantitative estimate of drug-likeness (QED) is 0.502. The van der Waals surface area contributed by atoms with Gasteiger partial charge in [-0.3, -0.25) is 4.79 Å². The lowest BCUT2D eigenvalue weighted by Gasteiger charge is -2.44. The molecule has 0 saturated carbocycles. The van der Waals surface area contributed by atoms with Crippen molar-refractivity contribution < 1.29 is 28.9 Å². The summed E-state index contributed by atoms with van der Waals surface area (Å²) in [6.45, 7) is 6.67. The lowest BCUT2D eigenvalue weighted by Crippen LogP contribution is -2.52. The lowest BCUT2D eigenvalue weighted by molar-refractivity contribution is -0.0227. The Bertz CT molecular complexity index is 1330. The number of aliphatic hydroxyl groups excluding tert-OH is 1. The molecule has 1 saturated heterocycles. The highest BCUT2D eigenvalue weighted by atomic mass is 16.6. The summed E-state index contributed by atoms with van der Waals surface area (Å²) >= 11 is 0. The smallest absolute Gasteiger partial charge is 0.410 e. The standard InChI is InChI=1S/C29H34N4O6/c1-28(2,3)39-27(36)32-13-11-29(12-14-32)16-25(35)23-10-9-22(15-26(23)38-29)37-19-21(34)17-33-18-24(30-31-33)20-7-5-4-6-8-20/h4-10,15,18,21,34H,11-14,16-17,19H2,1-3H3/t21-/m1/s1. The highest BCUT2D eigenvalue weighted by Crippen LogP contribution is 2.41. The fourth-order valence-corrected chi connectivity index (χ4v) is 4.86. The van der Waals surface area contributed by atoms with Crippen molar-refractivity contribution >= 4 is 11.9 Å². The molecule has 0 radical (unpaired) electrons. The summed E-state index contributed by atoms with van der Waals surface area (Å²) in [6, 6.07) is 14.8. The third-order valence-corrected chi connectivity index (χ3v) is 6.84. The van der Waals surface area contributed by atoms with Gasteiger partial charge in [0, 0.05) is 37.6 Å². The molecule has 10 nitrogen and oxygen atoms in total. The first-order chi connectivity index (χ1) is 18.6. The highest BCUT2D eigenvalue weighted by Gasteiger charge is 2.44. The van der Waals surface area contributed by atoms with E-state index in [-0.39, 0.29) is 31.4 Å². The first-order valence-electron chi connectivity index (χ1n) is 13.2. The van der Waals surface area contributed by atoms with E-state index in [0.29, 0.717) is 43.0 Å². The normalized spacial score (nSPS) is 17.3. The molecule has 1 spiro atoms. The van der Waals surface area contributed by atoms with Crippen LogP contribution in [0.5, 0.6) is 11.5 Å². The molecule has 0 bridgehead atoms. The zero-order valence-electron chi connectivity index (χ0n) is 22.5. The Labute approximate surface area is 227 Å². The van der Waals surface area contributed by atoms with Gasteiger partial charge >= 0.3 is 6.09 Å². The summed E-state index contributed by atoms with van der Waals surface area (Å²) in [5.41, 5.74) is 0.966. The molecule has 1 fully saturated rings. The minimum atomic E-state index is -0.822. The van der Waals surface area contributed by atoms with Crippen LogP contribution in [0.2, 0.25) is 0 Å². The number of ether oxygens (including phenoxy) is 3. The van der Waals surface area contributed by atoms with Crippen molar-refractivity contribution in [1.29, 1.82) is 0 Å². The Morgan fingerprint density at radius 3 is 2.62 bits per heavy atom. The lowest BCUT2D eigenvalue weighted by atomic mass is 9.82. The second kappa shape index (κ2) is 10.7. The van der Waals surface area contributed by atoms with Gasteiger partial charge in [-0.25, -0.2) is 9.48 Å². The van der Waals surface area contributed by atoms with E-state index in [4.69, 9.17) is 14.2 Å². The molecule has 39 heavy (non-hydrogen) atoms. The van der Waals surface area contributed by atoms with Crippen LogP contribution in [0.25, 0.3) is 11.3 Å². The number of hydrogen-bond acceptors (Lipinski definition) is 8. The number of aromatic nitrogens is 3. The molecular weight excluding hydrogens is 500 g/mol. The molecule has 1 atom stereocenters. The summed E-state index contributed by atoms with van der Waals surface area (Å²) < 4.78 is 19.3. The number of likely N-dealkylation sites (tertiary alicyclic amines) is 1. The van der Waals surface area contributed by atoms with Gasteiger partial charge in [-0.05, 0) is 32.9 Å². The first-order valence-corrected chi connectivity index (χ1v) is 13.2. The Hall–Kier alpha value is -3.92. The number of aliphatic hydroxyl groups is 1. The zero-order valence-corrected chi connectivity index (χ0v) is 22.5. The predicted octanol–water partition coefficient (Wildman–Crippen LogP) is 4.12. The number of benzene rings is 2. The molecule has 3 aromatic rings. The molecule has 5 rings (SSSR count). The van der Waals surface area contributed by atoms with Gasteiger partial charge in [0.25, 0.3) is 0 Å². The number of hydrogen-bond donors (Lipinski definition) is 1. The monoisotopic (exact) mass is 534 g/mol.